The Kier molecular flexibility index (Phi) is 14.8. The van der Waals surface area contributed by atoms with Crippen molar-refractivity contribution in [2.45, 2.75) is 200 Å². The van der Waals surface area contributed by atoms with E-state index in [-0.39, 0.29) is 63.9 Å². The minimum atomic E-state index is -5.12. The van der Waals surface area contributed by atoms with E-state index < -0.39 is 50.2 Å². The zero-order chi connectivity index (χ0) is 47.7. The Morgan fingerprint density at radius 3 is 0.956 bits per heavy atom. The number of ketones is 2. The summed E-state index contributed by atoms with van der Waals surface area (Å²) in [7, 11) is -1.74. The van der Waals surface area contributed by atoms with Crippen molar-refractivity contribution in [2.75, 3.05) is 12.3 Å². The molecule has 0 heterocycles. The van der Waals surface area contributed by atoms with Gasteiger partial charge in [-0.3, -0.25) is 0 Å². The molecule has 0 aromatic heterocycles. The summed E-state index contributed by atoms with van der Waals surface area (Å²) < 4.78 is 113. The van der Waals surface area contributed by atoms with Crippen molar-refractivity contribution in [1.29, 1.82) is 0 Å². The molecule has 3 aromatic rings. The first kappa shape index (κ1) is 50.2. The number of alkyl halides is 6. The van der Waals surface area contributed by atoms with Crippen LogP contribution in [-0.4, -0.2) is 65.2 Å². The van der Waals surface area contributed by atoms with Crippen LogP contribution in [0.2, 0.25) is 0 Å². The van der Waals surface area contributed by atoms with Crippen LogP contribution in [-0.2, 0) is 21.2 Å². The van der Waals surface area contributed by atoms with Gasteiger partial charge < -0.3 is 0 Å². The summed E-state index contributed by atoms with van der Waals surface area (Å²) in [4.78, 5) is 30.9. The summed E-state index contributed by atoms with van der Waals surface area (Å²) in [5.41, 5.74) is -1.95. The predicted octanol–water partition coefficient (Wildman–Crippen LogP) is 16.5. The molecule has 0 N–H and O–H groups in total. The van der Waals surface area contributed by atoms with E-state index in [1.54, 1.807) is 0 Å². The van der Waals surface area contributed by atoms with Gasteiger partial charge >= 0.3 is 402 Å². The fourth-order valence-electron chi connectivity index (χ4n) is 15.7. The molecule has 0 saturated heterocycles. The fraction of sp³-hybridized carbons (Fsp3) is 0.630. The second-order valence-electron chi connectivity index (χ2n) is 21.8. The van der Waals surface area contributed by atoms with E-state index in [0.29, 0.717) is 23.3 Å². The fourth-order valence-corrected chi connectivity index (χ4v) is 33.9. The zero-order valence-electron chi connectivity index (χ0n) is 39.6. The summed E-state index contributed by atoms with van der Waals surface area (Å²) in [6.07, 6.45) is 11.2. The van der Waals surface area contributed by atoms with E-state index in [1.165, 1.54) is 0 Å². The van der Waals surface area contributed by atoms with Crippen molar-refractivity contribution in [3.63, 3.8) is 0 Å². The maximum atomic E-state index is 15.4. The molecular weight excluding hydrogens is 915 g/mol. The molecule has 0 aliphatic heterocycles. The average molecular weight is 987 g/mol. The standard InChI is InChI=1S/C54H71BF6O5P2/c56-53(57,58)42-35-43(54(59,60)61)37-44(36-42)64-55(65-67(45-23-7-8-24-45,46-25-9-10-26-46,47-27-11-12-28-47)38-51(62)40-19-3-1-4-20-40)66-68(48-29-13-14-30-48,49-31-15-16-32-49,50-33-17-18-34-50)39-52(63)41-21-5-2-6-22-41/h1-6,19-22,35-37,45-50H,7-18,23-34,38-39H2. The molecular formula is C54H71BF6O5P2. The van der Waals surface area contributed by atoms with Gasteiger partial charge in [-0.2, -0.15) is 0 Å². The van der Waals surface area contributed by atoms with E-state index in [4.69, 9.17) is 13.5 Å². The molecule has 0 unspecified atom stereocenters. The molecule has 5 nitrogen and oxygen atoms in total. The van der Waals surface area contributed by atoms with Crippen molar-refractivity contribution in [3.05, 3.63) is 101 Å². The van der Waals surface area contributed by atoms with Gasteiger partial charge in [0.1, 0.15) is 0 Å². The van der Waals surface area contributed by atoms with Crippen LogP contribution in [0.4, 0.5) is 26.3 Å². The van der Waals surface area contributed by atoms with Crippen molar-refractivity contribution in [1.82, 2.24) is 0 Å². The van der Waals surface area contributed by atoms with Crippen LogP contribution < -0.4 is 4.65 Å². The van der Waals surface area contributed by atoms with Crippen LogP contribution in [0.5, 0.6) is 5.75 Å². The second-order valence-corrected chi connectivity index (χ2v) is 33.0. The third-order valence-electron chi connectivity index (χ3n) is 18.6. The van der Waals surface area contributed by atoms with Crippen molar-refractivity contribution in [3.8, 4) is 5.75 Å². The van der Waals surface area contributed by atoms with E-state index in [2.05, 4.69) is 0 Å². The number of carbonyl (C=O) groups excluding carboxylic acids is 2. The van der Waals surface area contributed by atoms with Gasteiger partial charge in [0.05, 0.1) is 0 Å². The van der Waals surface area contributed by atoms with Gasteiger partial charge in [0.2, 0.25) is 0 Å². The quantitative estimate of drug-likeness (QED) is 0.0550. The van der Waals surface area contributed by atoms with Gasteiger partial charge in [-0.1, -0.05) is 0 Å². The summed E-state index contributed by atoms with van der Waals surface area (Å²) in [6, 6.07) is 20.1. The van der Waals surface area contributed by atoms with Crippen molar-refractivity contribution >= 4 is 32.5 Å². The summed E-state index contributed by atoms with van der Waals surface area (Å²) in [6.45, 7) is -8.26. The van der Waals surface area contributed by atoms with Crippen LogP contribution in [0.3, 0.4) is 0 Å². The molecule has 0 atom stereocenters. The van der Waals surface area contributed by atoms with Gasteiger partial charge in [-0.05, 0) is 0 Å². The Bertz CT molecular complexity index is 1970. The summed E-state index contributed by atoms with van der Waals surface area (Å²) >= 11 is 0. The first-order chi connectivity index (χ1) is 32.6. The molecule has 6 aliphatic rings. The van der Waals surface area contributed by atoms with Crippen LogP contribution >= 0.6 is 13.7 Å². The van der Waals surface area contributed by atoms with Gasteiger partial charge in [0, 0.05) is 0 Å². The molecule has 68 heavy (non-hydrogen) atoms. The SMILES string of the molecule is O=C(CP(OB(Oc1cc(C(F)(F)F)cc(C(F)(F)F)c1)OP(CC(=O)c1ccccc1)(C1CCCC1)(C1CCCC1)C1CCCC1)(C1CCCC1)(C1CCCC1)C1CCCC1)c1ccccc1. The minimum absolute atomic E-state index is 0.0248. The van der Waals surface area contributed by atoms with Crippen LogP contribution in [0.1, 0.15) is 186 Å². The van der Waals surface area contributed by atoms with Gasteiger partial charge in [-0.15, -0.1) is 0 Å². The van der Waals surface area contributed by atoms with E-state index in [1.807, 2.05) is 60.7 Å². The molecule has 0 amide bonds. The number of rotatable bonds is 18. The molecule has 0 bridgehead atoms. The third-order valence-corrected chi connectivity index (χ3v) is 34.9. The van der Waals surface area contributed by atoms with Gasteiger partial charge in [0.25, 0.3) is 0 Å². The van der Waals surface area contributed by atoms with E-state index >= 15 is 9.59 Å². The summed E-state index contributed by atoms with van der Waals surface area (Å²) in [5.74, 6) is -0.696. The topological polar surface area (TPSA) is 61.8 Å². The monoisotopic (exact) mass is 986 g/mol. The molecule has 3 aromatic carbocycles. The first-order valence-corrected chi connectivity index (χ1v) is 31.3. The molecule has 0 radical (unpaired) electrons. The normalized spacial score (nSPS) is 22.4. The number of hydrogen-bond acceptors (Lipinski definition) is 5. The Morgan fingerprint density at radius 1 is 0.441 bits per heavy atom. The third kappa shape index (κ3) is 9.19. The predicted molar refractivity (Wildman–Crippen MR) is 264 cm³/mol. The summed E-state index contributed by atoms with van der Waals surface area (Å²) in [5, 5.41) is 0. The second kappa shape index (κ2) is 20.0. The molecule has 6 aliphatic carbocycles. The number of hydrogen-bond donors (Lipinski definition) is 0. The van der Waals surface area contributed by atoms with E-state index in [0.717, 1.165) is 154 Å². The molecule has 372 valence electrons. The Morgan fingerprint density at radius 2 is 0.706 bits per heavy atom. The molecule has 6 saturated carbocycles. The number of Topliss-reactive ketones (excluding diaryl/α,β-unsaturated/α-hetero) is 2. The number of carbonyl (C=O) groups is 2. The zero-order valence-corrected chi connectivity index (χ0v) is 41.4. The molecule has 0 spiro atoms. The molecule has 6 fully saturated rings. The number of benzene rings is 3. The Labute approximate surface area is 400 Å². The van der Waals surface area contributed by atoms with Crippen LogP contribution in [0.15, 0.2) is 78.9 Å². The van der Waals surface area contributed by atoms with Crippen molar-refractivity contribution in [2.24, 2.45) is 0 Å². The van der Waals surface area contributed by atoms with E-state index in [9.17, 15) is 26.3 Å². The van der Waals surface area contributed by atoms with Crippen LogP contribution in [0.25, 0.3) is 0 Å². The van der Waals surface area contributed by atoms with Crippen molar-refractivity contribution < 1.29 is 49.5 Å². The van der Waals surface area contributed by atoms with Gasteiger partial charge in [-0.25, -0.2) is 0 Å². The molecule has 9 rings (SSSR count). The average Bonchev–Trinajstić information content (AvgIpc) is 4.19. The Hall–Kier alpha value is -2.78. The molecule has 14 heteroatoms. The number of halogens is 6. The maximum absolute atomic E-state index is 15.4. The first-order valence-electron chi connectivity index (χ1n) is 26.2. The Balaban J connectivity index is 1.34. The van der Waals surface area contributed by atoms with Gasteiger partial charge in [0.15, 0.2) is 0 Å². The van der Waals surface area contributed by atoms with Crippen LogP contribution in [0, 0.1) is 0 Å².